The van der Waals surface area contributed by atoms with E-state index in [1.165, 1.54) is 30.2 Å². The molecule has 0 saturated heterocycles. The minimum absolute atomic E-state index is 0.123. The van der Waals surface area contributed by atoms with Crippen LogP contribution in [0.3, 0.4) is 0 Å². The fraction of sp³-hybridized carbons (Fsp3) is 0.364. The quantitative estimate of drug-likeness (QED) is 0.480. The van der Waals surface area contributed by atoms with Gasteiger partial charge in [0.05, 0.1) is 24.1 Å². The number of anilines is 1. The van der Waals surface area contributed by atoms with Gasteiger partial charge in [-0.1, -0.05) is 39.7 Å². The minimum atomic E-state index is -3.84. The van der Waals surface area contributed by atoms with E-state index < -0.39 is 28.5 Å². The number of hydrogen-bond donors (Lipinski definition) is 1. The molecular weight excluding hydrogens is 534 g/mol. The number of nitrogens with zero attached hydrogens (tertiary/aromatic N) is 2. The van der Waals surface area contributed by atoms with Crippen molar-refractivity contribution in [2.24, 2.45) is 0 Å². The fourth-order valence-corrected chi connectivity index (χ4v) is 4.70. The first-order valence-electron chi connectivity index (χ1n) is 10.1. The van der Waals surface area contributed by atoms with Crippen LogP contribution in [0.1, 0.15) is 19.4 Å². The van der Waals surface area contributed by atoms with Crippen LogP contribution in [0.25, 0.3) is 0 Å². The first-order valence-corrected chi connectivity index (χ1v) is 13.1. The molecule has 2 amide bonds. The van der Waals surface area contributed by atoms with Gasteiger partial charge in [-0.25, -0.2) is 8.42 Å². The summed E-state index contributed by atoms with van der Waals surface area (Å²) in [5.74, 6) is -0.494. The Balaban J connectivity index is 2.41. The molecule has 0 heterocycles. The third-order valence-corrected chi connectivity index (χ3v) is 6.79. The van der Waals surface area contributed by atoms with Crippen LogP contribution >= 0.6 is 27.5 Å². The molecule has 180 valence electrons. The number of carbonyl (C=O) groups excluding carboxylic acids is 2. The molecule has 0 radical (unpaired) electrons. The van der Waals surface area contributed by atoms with Gasteiger partial charge in [-0.3, -0.25) is 13.9 Å². The molecule has 0 bridgehead atoms. The molecule has 0 aromatic heterocycles. The summed E-state index contributed by atoms with van der Waals surface area (Å²) in [6, 6.07) is 11.0. The molecule has 0 unspecified atom stereocenters. The van der Waals surface area contributed by atoms with Crippen LogP contribution < -0.4 is 14.4 Å². The summed E-state index contributed by atoms with van der Waals surface area (Å²) in [4.78, 5) is 27.3. The van der Waals surface area contributed by atoms with Gasteiger partial charge in [-0.2, -0.15) is 0 Å². The summed E-state index contributed by atoms with van der Waals surface area (Å²) in [5.41, 5.74) is 0.997. The lowest BCUT2D eigenvalue weighted by atomic mass is 10.1. The molecular formula is C22H27BrClN3O5S. The number of methoxy groups -OCH3 is 1. The Labute approximate surface area is 208 Å². The van der Waals surface area contributed by atoms with Gasteiger partial charge in [0.1, 0.15) is 18.3 Å². The molecule has 2 aromatic rings. The van der Waals surface area contributed by atoms with Gasteiger partial charge in [0, 0.05) is 17.6 Å². The third kappa shape index (κ3) is 7.35. The predicted octanol–water partition coefficient (Wildman–Crippen LogP) is 3.43. The smallest absolute Gasteiger partial charge is 0.244 e. The molecule has 0 aliphatic rings. The topological polar surface area (TPSA) is 96.0 Å². The van der Waals surface area contributed by atoms with Crippen LogP contribution in [0.2, 0.25) is 5.02 Å². The SMILES string of the molecule is CCNC(=O)[C@@H](C)N(Cc1cccc(Br)c1)C(=O)CN(c1ccc(OC)c(Cl)c1)S(C)(=O)=O. The van der Waals surface area contributed by atoms with Gasteiger partial charge in [0.2, 0.25) is 21.8 Å². The summed E-state index contributed by atoms with van der Waals surface area (Å²) >= 11 is 9.57. The molecule has 1 atom stereocenters. The summed E-state index contributed by atoms with van der Waals surface area (Å²) in [5, 5.41) is 2.91. The van der Waals surface area contributed by atoms with E-state index in [0.717, 1.165) is 20.6 Å². The van der Waals surface area contributed by atoms with Crippen molar-refractivity contribution in [3.8, 4) is 5.75 Å². The van der Waals surface area contributed by atoms with Crippen molar-refractivity contribution in [3.05, 3.63) is 57.5 Å². The number of rotatable bonds is 10. The molecule has 33 heavy (non-hydrogen) atoms. The lowest BCUT2D eigenvalue weighted by Gasteiger charge is -2.31. The largest absolute Gasteiger partial charge is 0.495 e. The van der Waals surface area contributed by atoms with Crippen molar-refractivity contribution in [2.75, 3.05) is 30.8 Å². The number of nitrogens with one attached hydrogen (secondary N) is 1. The molecule has 2 aromatic carbocycles. The van der Waals surface area contributed by atoms with E-state index >= 15 is 0 Å². The second-order valence-electron chi connectivity index (χ2n) is 7.31. The molecule has 0 aliphatic heterocycles. The number of likely N-dealkylation sites (N-methyl/N-ethyl adjacent to an activating group) is 1. The monoisotopic (exact) mass is 559 g/mol. The lowest BCUT2D eigenvalue weighted by molar-refractivity contribution is -0.139. The minimum Gasteiger partial charge on any atom is -0.495 e. The standard InChI is InChI=1S/C22H27BrClN3O5S/c1-5-25-22(29)15(2)26(13-16-7-6-8-17(23)11-16)21(28)14-27(33(4,30)31)18-9-10-20(32-3)19(24)12-18/h6-12,15H,5,13-14H2,1-4H3,(H,25,29)/t15-/m1/s1. The van der Waals surface area contributed by atoms with Gasteiger partial charge in [-0.15, -0.1) is 0 Å². The molecule has 1 N–H and O–H groups in total. The summed E-state index contributed by atoms with van der Waals surface area (Å²) in [7, 11) is -2.39. The van der Waals surface area contributed by atoms with Crippen LogP contribution in [-0.4, -0.2) is 57.6 Å². The van der Waals surface area contributed by atoms with Crippen LogP contribution in [0.15, 0.2) is 46.9 Å². The molecule has 8 nitrogen and oxygen atoms in total. The van der Waals surface area contributed by atoms with E-state index in [2.05, 4.69) is 21.2 Å². The second-order valence-corrected chi connectivity index (χ2v) is 10.5. The highest BCUT2D eigenvalue weighted by atomic mass is 79.9. The maximum Gasteiger partial charge on any atom is 0.244 e. The first-order chi connectivity index (χ1) is 15.5. The van der Waals surface area contributed by atoms with E-state index in [9.17, 15) is 18.0 Å². The average Bonchev–Trinajstić information content (AvgIpc) is 2.74. The van der Waals surface area contributed by atoms with Crippen molar-refractivity contribution in [1.29, 1.82) is 0 Å². The number of benzene rings is 2. The molecule has 11 heteroatoms. The van der Waals surface area contributed by atoms with Crippen molar-refractivity contribution in [2.45, 2.75) is 26.4 Å². The number of hydrogen-bond acceptors (Lipinski definition) is 5. The van der Waals surface area contributed by atoms with E-state index in [-0.39, 0.29) is 23.2 Å². The molecule has 0 spiro atoms. The maximum absolute atomic E-state index is 13.4. The third-order valence-electron chi connectivity index (χ3n) is 4.86. The van der Waals surface area contributed by atoms with Gasteiger partial charge in [0.15, 0.2) is 0 Å². The predicted molar refractivity (Wildman–Crippen MR) is 133 cm³/mol. The summed E-state index contributed by atoms with van der Waals surface area (Å²) < 4.78 is 32.0. The normalized spacial score (nSPS) is 12.1. The van der Waals surface area contributed by atoms with Crippen LogP contribution in [-0.2, 0) is 26.2 Å². The van der Waals surface area contributed by atoms with Crippen molar-refractivity contribution >= 4 is 55.1 Å². The van der Waals surface area contributed by atoms with Gasteiger partial charge in [-0.05, 0) is 49.7 Å². The highest BCUT2D eigenvalue weighted by Crippen LogP contribution is 2.30. The Bertz CT molecular complexity index is 1110. The molecule has 0 saturated carbocycles. The maximum atomic E-state index is 13.4. The van der Waals surface area contributed by atoms with Crippen molar-refractivity contribution < 1.29 is 22.7 Å². The highest BCUT2D eigenvalue weighted by Gasteiger charge is 2.30. The number of halogens is 2. The molecule has 0 fully saturated rings. The summed E-state index contributed by atoms with van der Waals surface area (Å²) in [6.07, 6.45) is 1.00. The number of amides is 2. The Morgan fingerprint density at radius 3 is 2.45 bits per heavy atom. The van der Waals surface area contributed by atoms with Crippen LogP contribution in [0, 0.1) is 0 Å². The van der Waals surface area contributed by atoms with Crippen molar-refractivity contribution in [3.63, 3.8) is 0 Å². The second kappa shape index (κ2) is 11.7. The van der Waals surface area contributed by atoms with Gasteiger partial charge < -0.3 is 15.0 Å². The zero-order chi connectivity index (χ0) is 24.8. The summed E-state index contributed by atoms with van der Waals surface area (Å²) in [6.45, 7) is 3.42. The Morgan fingerprint density at radius 1 is 1.21 bits per heavy atom. The van der Waals surface area contributed by atoms with E-state index in [0.29, 0.717) is 12.3 Å². The van der Waals surface area contributed by atoms with E-state index in [1.54, 1.807) is 13.8 Å². The van der Waals surface area contributed by atoms with Gasteiger partial charge >= 0.3 is 0 Å². The van der Waals surface area contributed by atoms with Crippen molar-refractivity contribution in [1.82, 2.24) is 10.2 Å². The average molecular weight is 561 g/mol. The Hall–Kier alpha value is -2.30. The Morgan fingerprint density at radius 2 is 1.91 bits per heavy atom. The van der Waals surface area contributed by atoms with E-state index in [4.69, 9.17) is 16.3 Å². The zero-order valence-electron chi connectivity index (χ0n) is 18.8. The first kappa shape index (κ1) is 26.9. The number of ether oxygens (including phenoxy) is 1. The Kier molecular flexibility index (Phi) is 9.57. The van der Waals surface area contributed by atoms with Crippen LogP contribution in [0.5, 0.6) is 5.75 Å². The number of carbonyl (C=O) groups is 2. The molecule has 0 aliphatic carbocycles. The fourth-order valence-electron chi connectivity index (χ4n) is 3.16. The molecule has 2 rings (SSSR count). The lowest BCUT2D eigenvalue weighted by Crippen LogP contribution is -2.51. The van der Waals surface area contributed by atoms with Gasteiger partial charge in [0.25, 0.3) is 0 Å². The van der Waals surface area contributed by atoms with E-state index in [1.807, 2.05) is 24.3 Å². The zero-order valence-corrected chi connectivity index (χ0v) is 22.0. The number of sulfonamides is 1. The highest BCUT2D eigenvalue weighted by molar-refractivity contribution is 9.10. The van der Waals surface area contributed by atoms with Crippen LogP contribution in [0.4, 0.5) is 5.69 Å².